The molecule has 0 saturated carbocycles. The Kier molecular flexibility index (Phi) is 4.65. The lowest BCUT2D eigenvalue weighted by molar-refractivity contribution is 0.0939. The molecule has 3 aromatic rings. The second kappa shape index (κ2) is 6.89. The molecule has 0 spiro atoms. The van der Waals surface area contributed by atoms with Gasteiger partial charge in [0.25, 0.3) is 5.91 Å². The third-order valence-electron chi connectivity index (χ3n) is 4.34. The highest BCUT2D eigenvalue weighted by atomic mass is 19.1. The van der Waals surface area contributed by atoms with Crippen LogP contribution >= 0.6 is 0 Å². The number of aromatic nitrogens is 2. The summed E-state index contributed by atoms with van der Waals surface area (Å²) in [5, 5.41) is 7.17. The van der Waals surface area contributed by atoms with E-state index in [1.807, 2.05) is 38.1 Å². The maximum Gasteiger partial charge on any atom is 0.255 e. The van der Waals surface area contributed by atoms with Crippen molar-refractivity contribution in [1.29, 1.82) is 0 Å². The fraction of sp³-hybridized carbons (Fsp3) is 0.200. The summed E-state index contributed by atoms with van der Waals surface area (Å²) in [6, 6.07) is 14.2. The van der Waals surface area contributed by atoms with Crippen molar-refractivity contribution in [3.05, 3.63) is 82.9 Å². The molecule has 1 aromatic heterocycles. The summed E-state index contributed by atoms with van der Waals surface area (Å²) in [4.78, 5) is 12.6. The molecule has 25 heavy (non-hydrogen) atoms. The van der Waals surface area contributed by atoms with Crippen molar-refractivity contribution in [2.24, 2.45) is 0 Å². The summed E-state index contributed by atoms with van der Waals surface area (Å²) in [5.74, 6) is -0.607. The van der Waals surface area contributed by atoms with Gasteiger partial charge in [0, 0.05) is 0 Å². The van der Waals surface area contributed by atoms with Crippen molar-refractivity contribution >= 4 is 5.91 Å². The zero-order valence-electron chi connectivity index (χ0n) is 14.5. The monoisotopic (exact) mass is 337 g/mol. The summed E-state index contributed by atoms with van der Waals surface area (Å²) in [6.07, 6.45) is 1.47. The number of para-hydroxylation sites is 1. The Bertz CT molecular complexity index is 917. The summed E-state index contributed by atoms with van der Waals surface area (Å²) in [5.41, 5.74) is 3.54. The first-order chi connectivity index (χ1) is 12.0. The van der Waals surface area contributed by atoms with Gasteiger partial charge in [0.15, 0.2) is 0 Å². The number of benzene rings is 2. The lowest BCUT2D eigenvalue weighted by Crippen LogP contribution is -2.27. The molecule has 0 radical (unpaired) electrons. The van der Waals surface area contributed by atoms with Gasteiger partial charge in [0.2, 0.25) is 0 Å². The molecule has 0 aliphatic carbocycles. The van der Waals surface area contributed by atoms with E-state index in [9.17, 15) is 9.18 Å². The number of hydrogen-bond donors (Lipinski definition) is 1. The van der Waals surface area contributed by atoms with Gasteiger partial charge in [0.1, 0.15) is 11.5 Å². The summed E-state index contributed by atoms with van der Waals surface area (Å²) in [6.45, 7) is 5.71. The maximum absolute atomic E-state index is 14.0. The van der Waals surface area contributed by atoms with Gasteiger partial charge in [-0.25, -0.2) is 9.07 Å². The van der Waals surface area contributed by atoms with Crippen LogP contribution in [-0.2, 0) is 0 Å². The molecule has 1 atom stereocenters. The van der Waals surface area contributed by atoms with Gasteiger partial charge in [-0.2, -0.15) is 5.10 Å². The van der Waals surface area contributed by atoms with E-state index in [1.165, 1.54) is 16.9 Å². The Morgan fingerprint density at radius 2 is 1.80 bits per heavy atom. The molecule has 4 nitrogen and oxygen atoms in total. The van der Waals surface area contributed by atoms with Gasteiger partial charge < -0.3 is 5.32 Å². The standard InChI is InChI=1S/C20H20FN3O/c1-13-8-4-5-9-16(13)14(2)23-20(25)17-12-22-24(15(17)3)19-11-7-6-10-18(19)21/h4-12,14H,1-3H3,(H,23,25). The first-order valence-electron chi connectivity index (χ1n) is 8.15. The number of amides is 1. The molecule has 0 aliphatic heterocycles. The van der Waals surface area contributed by atoms with Crippen LogP contribution in [0.25, 0.3) is 5.69 Å². The van der Waals surface area contributed by atoms with Gasteiger partial charge in [-0.05, 0) is 44.0 Å². The van der Waals surface area contributed by atoms with E-state index >= 15 is 0 Å². The first-order valence-corrected chi connectivity index (χ1v) is 8.15. The Hall–Kier alpha value is -2.95. The lowest BCUT2D eigenvalue weighted by atomic mass is 10.0. The summed E-state index contributed by atoms with van der Waals surface area (Å²) in [7, 11) is 0. The van der Waals surface area contributed by atoms with Crippen LogP contribution in [0.5, 0.6) is 0 Å². The van der Waals surface area contributed by atoms with Crippen LogP contribution in [0.2, 0.25) is 0 Å². The van der Waals surface area contributed by atoms with Crippen molar-refractivity contribution in [2.45, 2.75) is 26.8 Å². The minimum atomic E-state index is -0.381. The molecule has 128 valence electrons. The van der Waals surface area contributed by atoms with Crippen LogP contribution in [0.4, 0.5) is 4.39 Å². The van der Waals surface area contributed by atoms with Gasteiger partial charge in [0.05, 0.1) is 23.5 Å². The van der Waals surface area contributed by atoms with Crippen LogP contribution < -0.4 is 5.32 Å². The lowest BCUT2D eigenvalue weighted by Gasteiger charge is -2.16. The Morgan fingerprint density at radius 3 is 2.52 bits per heavy atom. The molecule has 3 rings (SSSR count). The predicted octanol–water partition coefficient (Wildman–Crippen LogP) is 4.12. The highest BCUT2D eigenvalue weighted by Gasteiger charge is 2.19. The zero-order chi connectivity index (χ0) is 18.0. The fourth-order valence-corrected chi connectivity index (χ4v) is 2.92. The third kappa shape index (κ3) is 3.31. The van der Waals surface area contributed by atoms with E-state index in [2.05, 4.69) is 10.4 Å². The number of nitrogens with zero attached hydrogens (tertiary/aromatic N) is 2. The van der Waals surface area contributed by atoms with Crippen LogP contribution in [0.3, 0.4) is 0 Å². The second-order valence-electron chi connectivity index (χ2n) is 6.06. The normalized spacial score (nSPS) is 12.0. The number of carbonyl (C=O) groups excluding carboxylic acids is 1. The Labute approximate surface area is 146 Å². The second-order valence-corrected chi connectivity index (χ2v) is 6.06. The molecule has 1 heterocycles. The molecule has 1 N–H and O–H groups in total. The molecule has 5 heteroatoms. The van der Waals surface area contributed by atoms with E-state index in [-0.39, 0.29) is 17.8 Å². The van der Waals surface area contributed by atoms with Crippen molar-refractivity contribution < 1.29 is 9.18 Å². The number of aryl methyl sites for hydroxylation is 1. The Morgan fingerprint density at radius 1 is 1.12 bits per heavy atom. The molecule has 1 unspecified atom stereocenters. The third-order valence-corrected chi connectivity index (χ3v) is 4.34. The minimum Gasteiger partial charge on any atom is -0.345 e. The van der Waals surface area contributed by atoms with E-state index in [0.717, 1.165) is 11.1 Å². The Balaban J connectivity index is 1.85. The van der Waals surface area contributed by atoms with Crippen LogP contribution in [0, 0.1) is 19.7 Å². The topological polar surface area (TPSA) is 46.9 Å². The number of nitrogens with one attached hydrogen (secondary N) is 1. The number of carbonyl (C=O) groups is 1. The van der Waals surface area contributed by atoms with E-state index < -0.39 is 0 Å². The summed E-state index contributed by atoms with van der Waals surface area (Å²) < 4.78 is 15.4. The number of halogens is 1. The van der Waals surface area contributed by atoms with Crippen LogP contribution in [-0.4, -0.2) is 15.7 Å². The number of rotatable bonds is 4. The van der Waals surface area contributed by atoms with Crippen LogP contribution in [0.1, 0.15) is 40.1 Å². The quantitative estimate of drug-likeness (QED) is 0.778. The van der Waals surface area contributed by atoms with Gasteiger partial charge in [-0.3, -0.25) is 4.79 Å². The highest BCUT2D eigenvalue weighted by Crippen LogP contribution is 2.20. The van der Waals surface area contributed by atoms with Crippen molar-refractivity contribution in [3.8, 4) is 5.69 Å². The average Bonchev–Trinajstić information content (AvgIpc) is 2.97. The molecule has 0 bridgehead atoms. The fourth-order valence-electron chi connectivity index (χ4n) is 2.92. The summed E-state index contributed by atoms with van der Waals surface area (Å²) >= 11 is 0. The molecular formula is C20H20FN3O. The van der Waals surface area contributed by atoms with E-state index in [4.69, 9.17) is 0 Å². The molecule has 0 aliphatic rings. The van der Waals surface area contributed by atoms with Gasteiger partial charge >= 0.3 is 0 Å². The van der Waals surface area contributed by atoms with Crippen LogP contribution in [0.15, 0.2) is 54.7 Å². The first kappa shape index (κ1) is 16.9. The van der Waals surface area contributed by atoms with E-state index in [1.54, 1.807) is 25.1 Å². The smallest absolute Gasteiger partial charge is 0.255 e. The zero-order valence-corrected chi connectivity index (χ0v) is 14.5. The SMILES string of the molecule is Cc1ccccc1C(C)NC(=O)c1cnn(-c2ccccc2F)c1C. The molecule has 1 amide bonds. The van der Waals surface area contributed by atoms with Gasteiger partial charge in [-0.1, -0.05) is 36.4 Å². The molecule has 0 saturated heterocycles. The highest BCUT2D eigenvalue weighted by molar-refractivity contribution is 5.95. The minimum absolute atomic E-state index is 0.134. The predicted molar refractivity (Wildman–Crippen MR) is 95.3 cm³/mol. The van der Waals surface area contributed by atoms with Crippen molar-refractivity contribution in [1.82, 2.24) is 15.1 Å². The van der Waals surface area contributed by atoms with Crippen molar-refractivity contribution in [3.63, 3.8) is 0 Å². The molecular weight excluding hydrogens is 317 g/mol. The molecule has 0 fully saturated rings. The van der Waals surface area contributed by atoms with E-state index in [0.29, 0.717) is 16.9 Å². The molecule has 2 aromatic carbocycles. The average molecular weight is 337 g/mol. The number of hydrogen-bond acceptors (Lipinski definition) is 2. The largest absolute Gasteiger partial charge is 0.345 e. The maximum atomic E-state index is 14.0. The van der Waals surface area contributed by atoms with Gasteiger partial charge in [-0.15, -0.1) is 0 Å². The van der Waals surface area contributed by atoms with Crippen molar-refractivity contribution in [2.75, 3.05) is 0 Å².